The van der Waals surface area contributed by atoms with E-state index in [1.807, 2.05) is 37.3 Å². The molecule has 0 bridgehead atoms. The van der Waals surface area contributed by atoms with Gasteiger partial charge < -0.3 is 15.1 Å². The molecule has 1 saturated heterocycles. The van der Waals surface area contributed by atoms with Crippen molar-refractivity contribution in [3.8, 4) is 11.8 Å². The topological polar surface area (TPSA) is 113 Å². The molecular formula is C25H29N5O4. The number of aliphatic hydroxyl groups excluding tert-OH is 1. The van der Waals surface area contributed by atoms with Gasteiger partial charge in [-0.25, -0.2) is 4.98 Å². The quantitative estimate of drug-likeness (QED) is 0.547. The molecule has 9 nitrogen and oxygen atoms in total. The van der Waals surface area contributed by atoms with Crippen molar-refractivity contribution < 1.29 is 15.0 Å². The molecule has 3 aromatic rings. The zero-order valence-corrected chi connectivity index (χ0v) is 19.4. The molecule has 9 heteroatoms. The number of amides is 1. The number of carbonyl (C=O) groups is 1. The molecule has 0 radical (unpaired) electrons. The van der Waals surface area contributed by atoms with Gasteiger partial charge in [-0.15, -0.1) is 0 Å². The van der Waals surface area contributed by atoms with E-state index in [1.165, 1.54) is 15.6 Å². The number of hydrogen-bond donors (Lipinski definition) is 2. The van der Waals surface area contributed by atoms with Crippen LogP contribution >= 0.6 is 0 Å². The first-order chi connectivity index (χ1) is 16.3. The fourth-order valence-corrected chi connectivity index (χ4v) is 4.41. The van der Waals surface area contributed by atoms with Crippen molar-refractivity contribution in [2.45, 2.75) is 44.2 Å². The molecule has 1 amide bonds. The van der Waals surface area contributed by atoms with Crippen LogP contribution in [0, 0.1) is 11.8 Å². The smallest absolute Gasteiger partial charge is 0.281 e. The van der Waals surface area contributed by atoms with Crippen LogP contribution in [0.4, 0.5) is 0 Å². The number of benzene rings is 1. The summed E-state index contributed by atoms with van der Waals surface area (Å²) in [6, 6.07) is 9.96. The number of likely N-dealkylation sites (tertiary alicyclic amines) is 1. The van der Waals surface area contributed by atoms with Gasteiger partial charge >= 0.3 is 0 Å². The normalized spacial score (nSPS) is 16.2. The van der Waals surface area contributed by atoms with Crippen molar-refractivity contribution in [3.05, 3.63) is 58.3 Å². The molecule has 0 unspecified atom stereocenters. The highest BCUT2D eigenvalue weighted by Crippen LogP contribution is 2.26. The van der Waals surface area contributed by atoms with Crippen LogP contribution in [0.15, 0.2) is 41.5 Å². The average molecular weight is 464 g/mol. The third kappa shape index (κ3) is 4.88. The zero-order valence-electron chi connectivity index (χ0n) is 19.4. The Morgan fingerprint density at radius 3 is 2.59 bits per heavy atom. The largest absolute Gasteiger partial charge is 0.388 e. The van der Waals surface area contributed by atoms with Gasteiger partial charge in [-0.3, -0.25) is 18.8 Å². The number of aromatic nitrogens is 4. The first-order valence-corrected chi connectivity index (χ1v) is 11.4. The van der Waals surface area contributed by atoms with Crippen LogP contribution in [-0.4, -0.2) is 65.6 Å². The maximum atomic E-state index is 13.0. The predicted molar refractivity (Wildman–Crippen MR) is 127 cm³/mol. The molecule has 0 saturated carbocycles. The van der Waals surface area contributed by atoms with Crippen LogP contribution in [0.25, 0.3) is 11.0 Å². The number of aliphatic hydroxyl groups is 2. The van der Waals surface area contributed by atoms with Crippen molar-refractivity contribution in [2.75, 3.05) is 19.7 Å². The second-order valence-corrected chi connectivity index (χ2v) is 8.93. The molecule has 1 fully saturated rings. The molecule has 1 atom stereocenters. The third-order valence-electron chi connectivity index (χ3n) is 6.46. The Kier molecular flexibility index (Phi) is 6.82. The van der Waals surface area contributed by atoms with E-state index in [0.717, 1.165) is 5.56 Å². The Balaban J connectivity index is 1.42. The molecule has 1 aromatic carbocycles. The Morgan fingerprint density at radius 2 is 1.91 bits per heavy atom. The molecule has 34 heavy (non-hydrogen) atoms. The van der Waals surface area contributed by atoms with Crippen LogP contribution < -0.4 is 5.56 Å². The monoisotopic (exact) mass is 463 g/mol. The zero-order chi connectivity index (χ0) is 24.3. The van der Waals surface area contributed by atoms with Gasteiger partial charge in [-0.05, 0) is 30.2 Å². The van der Waals surface area contributed by atoms with Crippen LogP contribution in [0.1, 0.15) is 43.4 Å². The lowest BCUT2D eigenvalue weighted by Crippen LogP contribution is -2.49. The lowest BCUT2D eigenvalue weighted by atomic mass is 9.90. The molecule has 0 spiro atoms. The molecule has 178 valence electrons. The van der Waals surface area contributed by atoms with Crippen LogP contribution in [0.2, 0.25) is 0 Å². The summed E-state index contributed by atoms with van der Waals surface area (Å²) in [6.45, 7) is 2.69. The summed E-state index contributed by atoms with van der Waals surface area (Å²) in [5.74, 6) is 5.50. The summed E-state index contributed by atoms with van der Waals surface area (Å²) < 4.78 is 2.83. The van der Waals surface area contributed by atoms with E-state index in [2.05, 4.69) is 21.9 Å². The summed E-state index contributed by atoms with van der Waals surface area (Å²) in [6.07, 6.45) is 2.56. The highest BCUT2D eigenvalue weighted by molar-refractivity contribution is 5.79. The van der Waals surface area contributed by atoms with Crippen LogP contribution in [-0.2, 0) is 18.4 Å². The highest BCUT2D eigenvalue weighted by atomic mass is 16.3. The summed E-state index contributed by atoms with van der Waals surface area (Å²) in [7, 11) is 1.66. The highest BCUT2D eigenvalue weighted by Gasteiger charge is 2.35. The Bertz CT molecular complexity index is 1290. The molecule has 3 heterocycles. The lowest BCUT2D eigenvalue weighted by Gasteiger charge is -2.38. The van der Waals surface area contributed by atoms with Crippen molar-refractivity contribution >= 4 is 16.9 Å². The fraction of sp³-hybridized carbons (Fsp3) is 0.440. The van der Waals surface area contributed by atoms with Gasteiger partial charge in [0.05, 0.1) is 18.5 Å². The molecule has 1 aliphatic heterocycles. The number of rotatable bonds is 5. The van der Waals surface area contributed by atoms with E-state index in [1.54, 1.807) is 11.9 Å². The number of fused-ring (bicyclic) bond motifs is 1. The first kappa shape index (κ1) is 23.7. The Morgan fingerprint density at radius 1 is 1.21 bits per heavy atom. The fourth-order valence-electron chi connectivity index (χ4n) is 4.41. The van der Waals surface area contributed by atoms with E-state index in [0.29, 0.717) is 43.6 Å². The van der Waals surface area contributed by atoms with E-state index < -0.39 is 5.60 Å². The maximum Gasteiger partial charge on any atom is 0.281 e. The molecule has 2 N–H and O–H groups in total. The molecular weight excluding hydrogens is 434 g/mol. The SMILES string of the molecule is C[C@H](CC(=O)N1CCC(O)(Cn2cnc3c(C#CCO)n(C)nc3c2=O)CC1)c1ccccc1. The summed E-state index contributed by atoms with van der Waals surface area (Å²) >= 11 is 0. The Hall–Kier alpha value is -3.48. The van der Waals surface area contributed by atoms with Crippen molar-refractivity contribution in [1.29, 1.82) is 0 Å². The van der Waals surface area contributed by atoms with Gasteiger partial charge in [0, 0.05) is 26.6 Å². The van der Waals surface area contributed by atoms with E-state index in [4.69, 9.17) is 5.11 Å². The number of hydrogen-bond acceptors (Lipinski definition) is 6. The summed E-state index contributed by atoms with van der Waals surface area (Å²) in [5.41, 5.74) is 0.634. The Labute approximate surface area is 197 Å². The minimum atomic E-state index is -1.12. The average Bonchev–Trinajstić information content (AvgIpc) is 3.16. The molecule has 2 aromatic heterocycles. The van der Waals surface area contributed by atoms with Crippen molar-refractivity contribution in [1.82, 2.24) is 24.2 Å². The van der Waals surface area contributed by atoms with Gasteiger partial charge in [0.15, 0.2) is 5.52 Å². The molecule has 1 aliphatic rings. The number of carbonyl (C=O) groups excluding carboxylic acids is 1. The van der Waals surface area contributed by atoms with E-state index in [9.17, 15) is 14.7 Å². The standard InChI is InChI=1S/C25H29N5O4/c1-18(19-7-4-3-5-8-19)15-21(32)29-12-10-25(34,11-13-29)16-30-17-26-22-20(9-6-14-31)28(2)27-23(22)24(30)33/h3-5,7-8,17-18,31,34H,10-16H2,1-2H3/t18-/m1/s1. The number of piperidine rings is 1. The van der Waals surface area contributed by atoms with E-state index >= 15 is 0 Å². The first-order valence-electron chi connectivity index (χ1n) is 11.4. The minimum Gasteiger partial charge on any atom is -0.388 e. The summed E-state index contributed by atoms with van der Waals surface area (Å²) in [4.78, 5) is 31.9. The second-order valence-electron chi connectivity index (χ2n) is 8.93. The minimum absolute atomic E-state index is 0.0728. The van der Waals surface area contributed by atoms with Crippen molar-refractivity contribution in [2.24, 2.45) is 7.05 Å². The van der Waals surface area contributed by atoms with Gasteiger partial charge in [-0.2, -0.15) is 5.10 Å². The van der Waals surface area contributed by atoms with Crippen LogP contribution in [0.3, 0.4) is 0 Å². The predicted octanol–water partition coefficient (Wildman–Crippen LogP) is 1.02. The lowest BCUT2D eigenvalue weighted by molar-refractivity contribution is -0.136. The van der Waals surface area contributed by atoms with Gasteiger partial charge in [0.1, 0.15) is 17.8 Å². The summed E-state index contributed by atoms with van der Waals surface area (Å²) in [5, 5.41) is 24.3. The van der Waals surface area contributed by atoms with E-state index in [-0.39, 0.29) is 36.1 Å². The molecule has 0 aliphatic carbocycles. The second kappa shape index (κ2) is 9.79. The van der Waals surface area contributed by atoms with Crippen LogP contribution in [0.5, 0.6) is 0 Å². The third-order valence-corrected chi connectivity index (χ3v) is 6.46. The molecule has 4 rings (SSSR count). The van der Waals surface area contributed by atoms with Crippen molar-refractivity contribution in [3.63, 3.8) is 0 Å². The maximum absolute atomic E-state index is 13.0. The number of aryl methyl sites for hydroxylation is 1. The number of nitrogens with zero attached hydrogens (tertiary/aromatic N) is 5. The van der Waals surface area contributed by atoms with Gasteiger partial charge in [-0.1, -0.05) is 43.2 Å². The van der Waals surface area contributed by atoms with Gasteiger partial charge in [0.25, 0.3) is 5.56 Å². The van der Waals surface area contributed by atoms with Gasteiger partial charge in [0.2, 0.25) is 5.91 Å².